The first-order chi connectivity index (χ1) is 12.9. The molecule has 0 saturated carbocycles. The quantitative estimate of drug-likeness (QED) is 0.520. The lowest BCUT2D eigenvalue weighted by molar-refractivity contribution is 0.519. The fourth-order valence-electron chi connectivity index (χ4n) is 2.47. The van der Waals surface area contributed by atoms with E-state index in [-0.39, 0.29) is 6.54 Å². The zero-order valence-corrected chi connectivity index (χ0v) is 18.0. The van der Waals surface area contributed by atoms with Gasteiger partial charge in [0, 0.05) is 30.4 Å². The van der Waals surface area contributed by atoms with Crippen LogP contribution in [0.2, 0.25) is 0 Å². The maximum absolute atomic E-state index is 12.5. The van der Waals surface area contributed by atoms with E-state index < -0.39 is 10.0 Å². The molecule has 2 N–H and O–H groups in total. The van der Waals surface area contributed by atoms with Crippen molar-refractivity contribution in [1.82, 2.24) is 14.9 Å². The number of hydrogen-bond acceptors (Lipinski definition) is 4. The lowest BCUT2D eigenvalue weighted by Crippen LogP contribution is -2.36. The Bertz CT molecular complexity index is 873. The van der Waals surface area contributed by atoms with Crippen LogP contribution >= 0.6 is 11.3 Å². The highest BCUT2D eigenvalue weighted by molar-refractivity contribution is 7.89. The minimum absolute atomic E-state index is 0.281. The smallest absolute Gasteiger partial charge is 0.242 e. The summed E-state index contributed by atoms with van der Waals surface area (Å²) in [5, 5.41) is 6.52. The number of nitrogens with zero attached hydrogens (tertiary/aromatic N) is 2. The summed E-state index contributed by atoms with van der Waals surface area (Å²) >= 11 is 1.79. The summed E-state index contributed by atoms with van der Waals surface area (Å²) in [5.41, 5.74) is 0.674. The summed E-state index contributed by atoms with van der Waals surface area (Å²) in [6, 6.07) is 11.3. The minimum Gasteiger partial charge on any atom is -0.357 e. The lowest BCUT2D eigenvalue weighted by Gasteiger charge is -2.15. The maximum Gasteiger partial charge on any atom is 0.242 e. The molecule has 0 fully saturated rings. The predicted octanol–water partition coefficient (Wildman–Crippen LogP) is 2.82. The number of rotatable bonds is 8. The number of benzene rings is 1. The topological polar surface area (TPSA) is 73.8 Å². The molecular formula is C19H28N4O2S2. The summed E-state index contributed by atoms with van der Waals surface area (Å²) in [7, 11) is -0.430. The number of nitrogens with one attached hydrogen (secondary N) is 2. The van der Waals surface area contributed by atoms with E-state index in [4.69, 9.17) is 0 Å². The zero-order valence-electron chi connectivity index (χ0n) is 16.3. The van der Waals surface area contributed by atoms with E-state index in [0.29, 0.717) is 23.0 Å². The van der Waals surface area contributed by atoms with Crippen LogP contribution in [0.15, 0.2) is 46.3 Å². The highest BCUT2D eigenvalue weighted by Gasteiger charge is 2.20. The number of thiophene rings is 1. The Hall–Kier alpha value is -1.90. The second-order valence-corrected chi connectivity index (χ2v) is 9.54. The summed E-state index contributed by atoms with van der Waals surface area (Å²) in [6.07, 6.45) is 1.04. The van der Waals surface area contributed by atoms with Crippen molar-refractivity contribution < 1.29 is 8.42 Å². The molecule has 2 aromatic rings. The van der Waals surface area contributed by atoms with Gasteiger partial charge in [0.25, 0.3) is 0 Å². The second-order valence-electron chi connectivity index (χ2n) is 6.17. The van der Waals surface area contributed by atoms with Crippen molar-refractivity contribution in [3.8, 4) is 0 Å². The third-order valence-corrected chi connectivity index (χ3v) is 7.12. The van der Waals surface area contributed by atoms with Gasteiger partial charge in [0.05, 0.1) is 18.0 Å². The molecule has 0 saturated heterocycles. The van der Waals surface area contributed by atoms with E-state index in [1.807, 2.05) is 13.0 Å². The summed E-state index contributed by atoms with van der Waals surface area (Å²) < 4.78 is 26.2. The van der Waals surface area contributed by atoms with Gasteiger partial charge < -0.3 is 10.6 Å². The average molecular weight is 409 g/mol. The number of aryl methyl sites for hydroxylation is 1. The molecule has 1 aromatic carbocycles. The molecule has 0 aliphatic rings. The van der Waals surface area contributed by atoms with Gasteiger partial charge in [0.1, 0.15) is 0 Å². The van der Waals surface area contributed by atoms with E-state index in [0.717, 1.165) is 13.0 Å². The summed E-state index contributed by atoms with van der Waals surface area (Å²) in [5.74, 6) is 0.668. The summed E-state index contributed by atoms with van der Waals surface area (Å²) in [6.45, 7) is 5.85. The molecule has 6 nitrogen and oxygen atoms in total. The van der Waals surface area contributed by atoms with E-state index in [2.05, 4.69) is 34.7 Å². The van der Waals surface area contributed by atoms with Crippen LogP contribution in [0.1, 0.15) is 29.2 Å². The van der Waals surface area contributed by atoms with Crippen LogP contribution in [0.3, 0.4) is 0 Å². The van der Waals surface area contributed by atoms with Crippen LogP contribution in [-0.4, -0.2) is 39.3 Å². The number of aliphatic imine (C=N–C) groups is 1. The fourth-order valence-corrected chi connectivity index (χ4v) is 4.47. The van der Waals surface area contributed by atoms with Gasteiger partial charge in [0.15, 0.2) is 5.96 Å². The third kappa shape index (κ3) is 5.79. The monoisotopic (exact) mass is 408 g/mol. The first kappa shape index (κ1) is 21.4. The normalized spacial score (nSPS) is 12.4. The standard InChI is InChI=1S/C19H28N4O2S2/c1-5-16-11-12-17(26-16)14-22-19(20-6-2)21-13-15-9-7-8-10-18(15)27(24,25)23(3)4/h7-12H,5-6,13-14H2,1-4H3,(H2,20,21,22). The van der Waals surface area contributed by atoms with E-state index >= 15 is 0 Å². The Morgan fingerprint density at radius 1 is 1.07 bits per heavy atom. The molecule has 0 spiro atoms. The number of guanidine groups is 1. The Balaban J connectivity index is 2.15. The van der Waals surface area contributed by atoms with Crippen molar-refractivity contribution >= 4 is 27.3 Å². The highest BCUT2D eigenvalue weighted by Crippen LogP contribution is 2.19. The van der Waals surface area contributed by atoms with Crippen LogP contribution < -0.4 is 10.6 Å². The molecule has 1 heterocycles. The molecule has 1 aromatic heterocycles. The van der Waals surface area contributed by atoms with Crippen LogP contribution in [0.5, 0.6) is 0 Å². The van der Waals surface area contributed by atoms with Crippen molar-refractivity contribution in [2.75, 3.05) is 20.6 Å². The first-order valence-corrected chi connectivity index (χ1v) is 11.2. The largest absolute Gasteiger partial charge is 0.357 e. The molecule has 0 bridgehead atoms. The highest BCUT2D eigenvalue weighted by atomic mass is 32.2. The Morgan fingerprint density at radius 2 is 1.78 bits per heavy atom. The molecule has 0 aliphatic carbocycles. The van der Waals surface area contributed by atoms with Crippen LogP contribution in [0.25, 0.3) is 0 Å². The third-order valence-electron chi connectivity index (χ3n) is 3.98. The molecule has 0 unspecified atom stereocenters. The van der Waals surface area contributed by atoms with E-state index in [1.165, 1.54) is 28.2 Å². The van der Waals surface area contributed by atoms with Gasteiger partial charge >= 0.3 is 0 Å². The molecule has 8 heteroatoms. The molecule has 0 atom stereocenters. The molecule has 0 amide bonds. The minimum atomic E-state index is -3.50. The molecule has 0 radical (unpaired) electrons. The second kappa shape index (κ2) is 9.87. The van der Waals surface area contributed by atoms with Crippen molar-refractivity contribution in [3.63, 3.8) is 0 Å². The van der Waals surface area contributed by atoms with Crippen LogP contribution in [0, 0.1) is 0 Å². The Morgan fingerprint density at radius 3 is 2.41 bits per heavy atom. The van der Waals surface area contributed by atoms with Gasteiger partial charge in [-0.1, -0.05) is 25.1 Å². The van der Waals surface area contributed by atoms with Gasteiger partial charge in [-0.05, 0) is 37.1 Å². The lowest BCUT2D eigenvalue weighted by atomic mass is 10.2. The van der Waals surface area contributed by atoms with Crippen molar-refractivity contribution in [3.05, 3.63) is 51.7 Å². The molecule has 148 valence electrons. The SMILES string of the molecule is CCNC(=NCc1ccccc1S(=O)(=O)N(C)C)NCc1ccc(CC)s1. The predicted molar refractivity (Wildman–Crippen MR) is 113 cm³/mol. The molecular weight excluding hydrogens is 380 g/mol. The number of hydrogen-bond donors (Lipinski definition) is 2. The summed E-state index contributed by atoms with van der Waals surface area (Å²) in [4.78, 5) is 7.47. The first-order valence-electron chi connectivity index (χ1n) is 8.98. The van der Waals surface area contributed by atoms with Crippen molar-refractivity contribution in [2.24, 2.45) is 4.99 Å². The van der Waals surface area contributed by atoms with E-state index in [1.54, 1.807) is 29.5 Å². The maximum atomic E-state index is 12.5. The average Bonchev–Trinajstić information content (AvgIpc) is 3.12. The Kier molecular flexibility index (Phi) is 7.82. The number of sulfonamides is 1. The van der Waals surface area contributed by atoms with E-state index in [9.17, 15) is 8.42 Å². The van der Waals surface area contributed by atoms with Crippen molar-refractivity contribution in [2.45, 2.75) is 38.3 Å². The molecule has 27 heavy (non-hydrogen) atoms. The molecule has 0 aliphatic heterocycles. The zero-order chi connectivity index (χ0) is 19.9. The van der Waals surface area contributed by atoms with Crippen LogP contribution in [0.4, 0.5) is 0 Å². The van der Waals surface area contributed by atoms with Gasteiger partial charge in [0.2, 0.25) is 10.0 Å². The van der Waals surface area contributed by atoms with Crippen LogP contribution in [-0.2, 0) is 29.5 Å². The van der Waals surface area contributed by atoms with Crippen molar-refractivity contribution in [1.29, 1.82) is 0 Å². The molecule has 2 rings (SSSR count). The van der Waals surface area contributed by atoms with Gasteiger partial charge in [-0.3, -0.25) is 0 Å². The van der Waals surface area contributed by atoms with Gasteiger partial charge in [-0.15, -0.1) is 11.3 Å². The van der Waals surface area contributed by atoms with Gasteiger partial charge in [-0.2, -0.15) is 0 Å². The fraction of sp³-hybridized carbons (Fsp3) is 0.421. The Labute approximate surface area is 166 Å². The van der Waals surface area contributed by atoms with Gasteiger partial charge in [-0.25, -0.2) is 17.7 Å².